The number of hydrogen-bond acceptors (Lipinski definition) is 4. The highest BCUT2D eigenvalue weighted by molar-refractivity contribution is 7.89. The summed E-state index contributed by atoms with van der Waals surface area (Å²) in [5.74, 6) is 0. The summed E-state index contributed by atoms with van der Waals surface area (Å²) in [6, 6.07) is 6.98. The van der Waals surface area contributed by atoms with Crippen LogP contribution in [0.3, 0.4) is 0 Å². The van der Waals surface area contributed by atoms with E-state index >= 15 is 0 Å². The maximum absolute atomic E-state index is 12.1. The fraction of sp³-hybridized carbons (Fsp3) is 0.571. The molecule has 0 saturated carbocycles. The summed E-state index contributed by atoms with van der Waals surface area (Å²) in [7, 11) is -1.47. The molecule has 0 aliphatic rings. The van der Waals surface area contributed by atoms with E-state index in [4.69, 9.17) is 5.73 Å². The van der Waals surface area contributed by atoms with Gasteiger partial charge in [-0.15, -0.1) is 0 Å². The van der Waals surface area contributed by atoms with Crippen LogP contribution in [0.4, 0.5) is 0 Å². The Labute approximate surface area is 122 Å². The first-order chi connectivity index (χ1) is 9.24. The van der Waals surface area contributed by atoms with Gasteiger partial charge in [0.25, 0.3) is 0 Å². The number of nitrogens with two attached hydrogens (primary N) is 1. The molecule has 114 valence electrons. The van der Waals surface area contributed by atoms with Crippen molar-refractivity contribution in [2.24, 2.45) is 5.73 Å². The molecule has 0 spiro atoms. The van der Waals surface area contributed by atoms with Gasteiger partial charge in [-0.2, -0.15) is 0 Å². The van der Waals surface area contributed by atoms with Crippen LogP contribution in [-0.4, -0.2) is 39.5 Å². The SMILES string of the molecule is CC(N)c1ccc(S(=O)(=O)NCCN(C)C(C)C)cc1. The van der Waals surface area contributed by atoms with E-state index in [1.807, 2.05) is 14.0 Å². The zero-order valence-corrected chi connectivity index (χ0v) is 13.4. The normalized spacial score (nSPS) is 13.9. The minimum absolute atomic E-state index is 0.0978. The van der Waals surface area contributed by atoms with Crippen molar-refractivity contribution in [2.75, 3.05) is 20.1 Å². The lowest BCUT2D eigenvalue weighted by atomic mass is 10.1. The van der Waals surface area contributed by atoms with Gasteiger partial charge in [-0.05, 0) is 45.5 Å². The summed E-state index contributed by atoms with van der Waals surface area (Å²) in [6.07, 6.45) is 0. The molecule has 0 fully saturated rings. The van der Waals surface area contributed by atoms with Gasteiger partial charge < -0.3 is 10.6 Å². The van der Waals surface area contributed by atoms with Crippen molar-refractivity contribution in [1.82, 2.24) is 9.62 Å². The van der Waals surface area contributed by atoms with E-state index < -0.39 is 10.0 Å². The number of likely N-dealkylation sites (N-methyl/N-ethyl adjacent to an activating group) is 1. The molecule has 3 N–H and O–H groups in total. The summed E-state index contributed by atoms with van der Waals surface area (Å²) in [6.45, 7) is 7.08. The van der Waals surface area contributed by atoms with Crippen LogP contribution >= 0.6 is 0 Å². The Kier molecular flexibility index (Phi) is 6.13. The third kappa shape index (κ3) is 4.86. The van der Waals surface area contributed by atoms with Crippen LogP contribution < -0.4 is 10.5 Å². The fourth-order valence-electron chi connectivity index (χ4n) is 1.65. The summed E-state index contributed by atoms with van der Waals surface area (Å²) in [5, 5.41) is 0. The van der Waals surface area contributed by atoms with Crippen LogP contribution in [0.1, 0.15) is 32.4 Å². The second-order valence-electron chi connectivity index (χ2n) is 5.33. The van der Waals surface area contributed by atoms with E-state index in [1.54, 1.807) is 24.3 Å². The number of benzene rings is 1. The van der Waals surface area contributed by atoms with E-state index in [0.717, 1.165) is 5.56 Å². The number of rotatable bonds is 7. The van der Waals surface area contributed by atoms with Crippen molar-refractivity contribution in [3.8, 4) is 0 Å². The zero-order valence-electron chi connectivity index (χ0n) is 12.6. The Morgan fingerprint density at radius 2 is 1.75 bits per heavy atom. The summed E-state index contributed by atoms with van der Waals surface area (Å²) < 4.78 is 26.8. The lowest BCUT2D eigenvalue weighted by Crippen LogP contribution is -2.36. The molecule has 0 aromatic heterocycles. The molecule has 1 aromatic rings. The van der Waals surface area contributed by atoms with E-state index in [2.05, 4.69) is 23.5 Å². The Morgan fingerprint density at radius 1 is 1.20 bits per heavy atom. The molecule has 1 atom stereocenters. The Balaban J connectivity index is 2.65. The van der Waals surface area contributed by atoms with Gasteiger partial charge in [0.15, 0.2) is 0 Å². The Bertz CT molecular complexity index is 510. The quantitative estimate of drug-likeness (QED) is 0.796. The summed E-state index contributed by atoms with van der Waals surface area (Å²) >= 11 is 0. The topological polar surface area (TPSA) is 75.4 Å². The molecule has 0 aliphatic heterocycles. The average molecular weight is 299 g/mol. The number of nitrogens with one attached hydrogen (secondary N) is 1. The highest BCUT2D eigenvalue weighted by atomic mass is 32.2. The van der Waals surface area contributed by atoms with E-state index in [0.29, 0.717) is 19.1 Å². The molecular formula is C14H25N3O2S. The molecule has 1 aromatic carbocycles. The molecule has 0 bridgehead atoms. The van der Waals surface area contributed by atoms with Crippen molar-refractivity contribution < 1.29 is 8.42 Å². The van der Waals surface area contributed by atoms with Crippen LogP contribution in [-0.2, 0) is 10.0 Å². The monoisotopic (exact) mass is 299 g/mol. The van der Waals surface area contributed by atoms with E-state index in [1.165, 1.54) is 0 Å². The van der Waals surface area contributed by atoms with Gasteiger partial charge in [0, 0.05) is 25.2 Å². The lowest BCUT2D eigenvalue weighted by molar-refractivity contribution is 0.278. The number of nitrogens with zero attached hydrogens (tertiary/aromatic N) is 1. The van der Waals surface area contributed by atoms with Crippen LogP contribution in [0.2, 0.25) is 0 Å². The first-order valence-electron chi connectivity index (χ1n) is 6.79. The van der Waals surface area contributed by atoms with Crippen LogP contribution in [0.25, 0.3) is 0 Å². The molecule has 0 amide bonds. The van der Waals surface area contributed by atoms with Gasteiger partial charge in [-0.25, -0.2) is 13.1 Å². The first kappa shape index (κ1) is 17.1. The second kappa shape index (κ2) is 7.17. The number of sulfonamides is 1. The van der Waals surface area contributed by atoms with Crippen LogP contribution in [0.5, 0.6) is 0 Å². The molecule has 0 aliphatic carbocycles. The molecule has 6 heteroatoms. The zero-order chi connectivity index (χ0) is 15.3. The van der Waals surface area contributed by atoms with E-state index in [9.17, 15) is 8.42 Å². The molecule has 5 nitrogen and oxygen atoms in total. The fourth-order valence-corrected chi connectivity index (χ4v) is 2.67. The van der Waals surface area contributed by atoms with Gasteiger partial charge in [-0.3, -0.25) is 0 Å². The van der Waals surface area contributed by atoms with Gasteiger partial charge in [-0.1, -0.05) is 12.1 Å². The minimum atomic E-state index is -3.44. The third-order valence-electron chi connectivity index (χ3n) is 3.35. The standard InChI is InChI=1S/C14H25N3O2S/c1-11(2)17(4)10-9-16-20(18,19)14-7-5-13(6-8-14)12(3)15/h5-8,11-12,16H,9-10,15H2,1-4H3. The molecule has 1 rings (SSSR count). The average Bonchev–Trinajstić information content (AvgIpc) is 2.38. The maximum atomic E-state index is 12.1. The van der Waals surface area contributed by atoms with Crippen molar-refractivity contribution in [2.45, 2.75) is 37.8 Å². The third-order valence-corrected chi connectivity index (χ3v) is 4.83. The maximum Gasteiger partial charge on any atom is 0.240 e. The van der Waals surface area contributed by atoms with Crippen molar-refractivity contribution in [3.05, 3.63) is 29.8 Å². The van der Waals surface area contributed by atoms with Crippen molar-refractivity contribution in [3.63, 3.8) is 0 Å². The molecular weight excluding hydrogens is 274 g/mol. The van der Waals surface area contributed by atoms with Crippen LogP contribution in [0, 0.1) is 0 Å². The van der Waals surface area contributed by atoms with Gasteiger partial charge in [0.05, 0.1) is 4.90 Å². The minimum Gasteiger partial charge on any atom is -0.324 e. The smallest absolute Gasteiger partial charge is 0.240 e. The lowest BCUT2D eigenvalue weighted by Gasteiger charge is -2.20. The predicted molar refractivity (Wildman–Crippen MR) is 82.0 cm³/mol. The number of hydrogen-bond donors (Lipinski definition) is 2. The highest BCUT2D eigenvalue weighted by Gasteiger charge is 2.14. The largest absolute Gasteiger partial charge is 0.324 e. The Hall–Kier alpha value is -0.950. The first-order valence-corrected chi connectivity index (χ1v) is 8.28. The predicted octanol–water partition coefficient (Wildman–Crippen LogP) is 1.32. The van der Waals surface area contributed by atoms with Gasteiger partial charge in [0.1, 0.15) is 0 Å². The van der Waals surface area contributed by atoms with E-state index in [-0.39, 0.29) is 10.9 Å². The second-order valence-corrected chi connectivity index (χ2v) is 7.10. The van der Waals surface area contributed by atoms with Crippen molar-refractivity contribution in [1.29, 1.82) is 0 Å². The van der Waals surface area contributed by atoms with Gasteiger partial charge in [0.2, 0.25) is 10.0 Å². The van der Waals surface area contributed by atoms with Crippen LogP contribution in [0.15, 0.2) is 29.2 Å². The summed E-state index contributed by atoms with van der Waals surface area (Å²) in [5.41, 5.74) is 6.66. The molecule has 0 radical (unpaired) electrons. The van der Waals surface area contributed by atoms with Crippen molar-refractivity contribution >= 4 is 10.0 Å². The molecule has 0 saturated heterocycles. The highest BCUT2D eigenvalue weighted by Crippen LogP contribution is 2.14. The van der Waals surface area contributed by atoms with Gasteiger partial charge >= 0.3 is 0 Å². The molecule has 0 heterocycles. The summed E-state index contributed by atoms with van der Waals surface area (Å²) in [4.78, 5) is 2.36. The Morgan fingerprint density at radius 3 is 2.20 bits per heavy atom. The molecule has 1 unspecified atom stereocenters. The molecule has 20 heavy (non-hydrogen) atoms.